The summed E-state index contributed by atoms with van der Waals surface area (Å²) in [5, 5.41) is 9.17. The third-order valence-electron chi connectivity index (χ3n) is 1.13. The van der Waals surface area contributed by atoms with Crippen LogP contribution in [-0.4, -0.2) is 11.2 Å². The van der Waals surface area contributed by atoms with Crippen LogP contribution in [0.3, 0.4) is 0 Å². The standard InChI is InChI=1S/C9H14O/c1-4-5-6-9(10)7-8(2)3/h1,5-6,8-10H,7H2,2-3H3/b6-5+. The van der Waals surface area contributed by atoms with Crippen LogP contribution in [0.2, 0.25) is 0 Å². The number of allylic oxidation sites excluding steroid dienone is 1. The van der Waals surface area contributed by atoms with E-state index in [0.29, 0.717) is 5.92 Å². The Bertz CT molecular complexity index is 139. The highest BCUT2D eigenvalue weighted by Crippen LogP contribution is 2.04. The molecule has 0 aromatic rings. The summed E-state index contributed by atoms with van der Waals surface area (Å²) in [6.45, 7) is 4.12. The fourth-order valence-corrected chi connectivity index (χ4v) is 0.728. The summed E-state index contributed by atoms with van der Waals surface area (Å²) in [7, 11) is 0. The second kappa shape index (κ2) is 5.08. The minimum absolute atomic E-state index is 0.379. The van der Waals surface area contributed by atoms with Crippen molar-refractivity contribution in [1.82, 2.24) is 0 Å². The van der Waals surface area contributed by atoms with Crippen molar-refractivity contribution in [3.8, 4) is 12.3 Å². The fraction of sp³-hybridized carbons (Fsp3) is 0.556. The lowest BCUT2D eigenvalue weighted by molar-refractivity contribution is 0.195. The van der Waals surface area contributed by atoms with Gasteiger partial charge in [-0.3, -0.25) is 0 Å². The summed E-state index contributed by atoms with van der Waals surface area (Å²) in [6, 6.07) is 0. The molecule has 1 nitrogen and oxygen atoms in total. The molecule has 0 heterocycles. The maximum atomic E-state index is 9.17. The Hall–Kier alpha value is -0.740. The van der Waals surface area contributed by atoms with Crippen molar-refractivity contribution in [3.05, 3.63) is 12.2 Å². The van der Waals surface area contributed by atoms with Crippen LogP contribution in [0.4, 0.5) is 0 Å². The van der Waals surface area contributed by atoms with E-state index in [1.54, 1.807) is 6.08 Å². The Morgan fingerprint density at radius 3 is 2.60 bits per heavy atom. The third-order valence-corrected chi connectivity index (χ3v) is 1.13. The Labute approximate surface area is 62.8 Å². The summed E-state index contributed by atoms with van der Waals surface area (Å²) >= 11 is 0. The minimum Gasteiger partial charge on any atom is -0.389 e. The van der Waals surface area contributed by atoms with Crippen LogP contribution < -0.4 is 0 Å². The van der Waals surface area contributed by atoms with Crippen LogP contribution in [0.25, 0.3) is 0 Å². The van der Waals surface area contributed by atoms with E-state index >= 15 is 0 Å². The van der Waals surface area contributed by atoms with Gasteiger partial charge in [0.05, 0.1) is 6.10 Å². The number of aliphatic hydroxyl groups excluding tert-OH is 1. The zero-order valence-corrected chi connectivity index (χ0v) is 6.54. The SMILES string of the molecule is C#C/C=C/C(O)CC(C)C. The molecule has 0 aliphatic rings. The minimum atomic E-state index is -0.379. The summed E-state index contributed by atoms with van der Waals surface area (Å²) in [4.78, 5) is 0. The maximum Gasteiger partial charge on any atom is 0.0732 e. The zero-order valence-electron chi connectivity index (χ0n) is 6.54. The first-order chi connectivity index (χ1) is 4.66. The van der Waals surface area contributed by atoms with Crippen molar-refractivity contribution in [2.24, 2.45) is 5.92 Å². The number of terminal acetylenes is 1. The normalized spacial score (nSPS) is 13.9. The fourth-order valence-electron chi connectivity index (χ4n) is 0.728. The Balaban J connectivity index is 3.55. The lowest BCUT2D eigenvalue weighted by Gasteiger charge is -2.06. The van der Waals surface area contributed by atoms with Crippen molar-refractivity contribution < 1.29 is 5.11 Å². The second-order valence-electron chi connectivity index (χ2n) is 2.72. The monoisotopic (exact) mass is 138 g/mol. The van der Waals surface area contributed by atoms with Gasteiger partial charge >= 0.3 is 0 Å². The molecule has 0 saturated heterocycles. The Morgan fingerprint density at radius 1 is 1.60 bits per heavy atom. The molecule has 1 N–H and O–H groups in total. The molecule has 56 valence electrons. The molecule has 0 fully saturated rings. The van der Waals surface area contributed by atoms with Crippen LogP contribution in [0.15, 0.2) is 12.2 Å². The highest BCUT2D eigenvalue weighted by molar-refractivity contribution is 5.10. The molecule has 10 heavy (non-hydrogen) atoms. The molecular formula is C9H14O. The molecule has 0 radical (unpaired) electrons. The summed E-state index contributed by atoms with van der Waals surface area (Å²) in [6.07, 6.45) is 8.53. The van der Waals surface area contributed by atoms with E-state index in [1.165, 1.54) is 6.08 Å². The molecule has 0 aromatic heterocycles. The number of rotatable bonds is 3. The van der Waals surface area contributed by atoms with Gasteiger partial charge in [-0.25, -0.2) is 0 Å². The van der Waals surface area contributed by atoms with Crippen LogP contribution >= 0.6 is 0 Å². The number of hydrogen-bond acceptors (Lipinski definition) is 1. The molecule has 0 spiro atoms. The quantitative estimate of drug-likeness (QED) is 0.587. The molecule has 1 heteroatoms. The molecule has 0 amide bonds. The highest BCUT2D eigenvalue weighted by Gasteiger charge is 2.00. The predicted octanol–water partition coefficient (Wildman–Crippen LogP) is 1.58. The Kier molecular flexibility index (Phi) is 4.70. The molecule has 0 aliphatic carbocycles. The predicted molar refractivity (Wildman–Crippen MR) is 43.4 cm³/mol. The van der Waals surface area contributed by atoms with Gasteiger partial charge in [0.25, 0.3) is 0 Å². The van der Waals surface area contributed by atoms with Gasteiger partial charge in [0.15, 0.2) is 0 Å². The van der Waals surface area contributed by atoms with Crippen molar-refractivity contribution >= 4 is 0 Å². The smallest absolute Gasteiger partial charge is 0.0732 e. The van der Waals surface area contributed by atoms with Crippen LogP contribution in [0.1, 0.15) is 20.3 Å². The van der Waals surface area contributed by atoms with Gasteiger partial charge in [0.2, 0.25) is 0 Å². The first-order valence-corrected chi connectivity index (χ1v) is 3.47. The lowest BCUT2D eigenvalue weighted by atomic mass is 10.1. The average Bonchev–Trinajstić information content (AvgIpc) is 1.82. The molecular weight excluding hydrogens is 124 g/mol. The van der Waals surface area contributed by atoms with Gasteiger partial charge in [-0.05, 0) is 24.5 Å². The molecule has 1 unspecified atom stereocenters. The highest BCUT2D eigenvalue weighted by atomic mass is 16.3. The first-order valence-electron chi connectivity index (χ1n) is 3.47. The van der Waals surface area contributed by atoms with E-state index in [0.717, 1.165) is 6.42 Å². The van der Waals surface area contributed by atoms with Crippen LogP contribution in [0, 0.1) is 18.3 Å². The van der Waals surface area contributed by atoms with E-state index in [2.05, 4.69) is 19.8 Å². The van der Waals surface area contributed by atoms with Gasteiger partial charge in [-0.2, -0.15) is 0 Å². The van der Waals surface area contributed by atoms with E-state index in [9.17, 15) is 0 Å². The summed E-state index contributed by atoms with van der Waals surface area (Å²) in [5.74, 6) is 2.84. The summed E-state index contributed by atoms with van der Waals surface area (Å²) in [5.41, 5.74) is 0. The topological polar surface area (TPSA) is 20.2 Å². The van der Waals surface area contributed by atoms with Gasteiger partial charge in [0.1, 0.15) is 0 Å². The van der Waals surface area contributed by atoms with E-state index in [-0.39, 0.29) is 6.10 Å². The van der Waals surface area contributed by atoms with Gasteiger partial charge < -0.3 is 5.11 Å². The van der Waals surface area contributed by atoms with E-state index in [1.807, 2.05) is 0 Å². The van der Waals surface area contributed by atoms with Crippen molar-refractivity contribution in [2.45, 2.75) is 26.4 Å². The third kappa shape index (κ3) is 5.40. The first kappa shape index (κ1) is 9.26. The van der Waals surface area contributed by atoms with Crippen LogP contribution in [0.5, 0.6) is 0 Å². The van der Waals surface area contributed by atoms with E-state index in [4.69, 9.17) is 11.5 Å². The lowest BCUT2D eigenvalue weighted by Crippen LogP contribution is -2.05. The number of aliphatic hydroxyl groups is 1. The van der Waals surface area contributed by atoms with E-state index < -0.39 is 0 Å². The molecule has 1 atom stereocenters. The van der Waals surface area contributed by atoms with Crippen molar-refractivity contribution in [3.63, 3.8) is 0 Å². The Morgan fingerprint density at radius 2 is 2.20 bits per heavy atom. The largest absolute Gasteiger partial charge is 0.389 e. The second-order valence-corrected chi connectivity index (χ2v) is 2.72. The molecule has 0 aromatic carbocycles. The molecule has 0 rings (SSSR count). The maximum absolute atomic E-state index is 9.17. The molecule has 0 bridgehead atoms. The average molecular weight is 138 g/mol. The van der Waals surface area contributed by atoms with Crippen molar-refractivity contribution in [2.75, 3.05) is 0 Å². The number of hydrogen-bond donors (Lipinski definition) is 1. The molecule has 0 aliphatic heterocycles. The van der Waals surface area contributed by atoms with Gasteiger partial charge in [-0.1, -0.05) is 19.8 Å². The van der Waals surface area contributed by atoms with Crippen molar-refractivity contribution in [1.29, 1.82) is 0 Å². The van der Waals surface area contributed by atoms with Crippen LogP contribution in [-0.2, 0) is 0 Å². The summed E-state index contributed by atoms with van der Waals surface area (Å²) < 4.78 is 0. The van der Waals surface area contributed by atoms with Gasteiger partial charge in [0, 0.05) is 0 Å². The molecule has 0 saturated carbocycles. The van der Waals surface area contributed by atoms with Gasteiger partial charge in [-0.15, -0.1) is 6.42 Å². The zero-order chi connectivity index (χ0) is 7.98.